The summed E-state index contributed by atoms with van der Waals surface area (Å²) in [5.74, 6) is -0.596. The molecule has 0 unspecified atom stereocenters. The van der Waals surface area contributed by atoms with Gasteiger partial charge >= 0.3 is 12.0 Å². The SMILES string of the molecule is CCOC(=O)c1ccc(NC(=O)N2CC[NH+](Cc3cccc(F)c3)CC2)cc1. The number of rotatable bonds is 5. The molecule has 0 bridgehead atoms. The Morgan fingerprint density at radius 1 is 1.14 bits per heavy atom. The molecule has 6 nitrogen and oxygen atoms in total. The number of nitrogens with one attached hydrogen (secondary N) is 2. The number of anilines is 1. The Morgan fingerprint density at radius 3 is 2.50 bits per heavy atom. The van der Waals surface area contributed by atoms with E-state index < -0.39 is 0 Å². The Kier molecular flexibility index (Phi) is 6.60. The number of nitrogens with zero attached hydrogens (tertiary/aromatic N) is 1. The summed E-state index contributed by atoms with van der Waals surface area (Å²) in [5.41, 5.74) is 2.05. The summed E-state index contributed by atoms with van der Waals surface area (Å²) in [5, 5.41) is 2.86. The molecule has 0 aromatic heterocycles. The van der Waals surface area contributed by atoms with E-state index in [1.54, 1.807) is 48.2 Å². The van der Waals surface area contributed by atoms with E-state index >= 15 is 0 Å². The maximum atomic E-state index is 13.3. The zero-order chi connectivity index (χ0) is 19.9. The Labute approximate surface area is 163 Å². The molecule has 2 amide bonds. The number of amides is 2. The zero-order valence-electron chi connectivity index (χ0n) is 15.9. The van der Waals surface area contributed by atoms with E-state index in [2.05, 4.69) is 5.32 Å². The fourth-order valence-electron chi connectivity index (χ4n) is 3.25. The van der Waals surface area contributed by atoms with Crippen molar-refractivity contribution in [2.45, 2.75) is 13.5 Å². The van der Waals surface area contributed by atoms with Gasteiger partial charge in [-0.25, -0.2) is 14.0 Å². The molecule has 148 valence electrons. The van der Waals surface area contributed by atoms with E-state index in [1.165, 1.54) is 11.0 Å². The van der Waals surface area contributed by atoms with Crippen LogP contribution in [0.15, 0.2) is 48.5 Å². The van der Waals surface area contributed by atoms with Gasteiger partial charge in [-0.2, -0.15) is 0 Å². The van der Waals surface area contributed by atoms with Gasteiger partial charge in [0.1, 0.15) is 12.4 Å². The Balaban J connectivity index is 1.48. The monoisotopic (exact) mass is 386 g/mol. The first-order chi connectivity index (χ1) is 13.5. The van der Waals surface area contributed by atoms with Crippen LogP contribution in [0.25, 0.3) is 0 Å². The molecule has 2 N–H and O–H groups in total. The van der Waals surface area contributed by atoms with Crippen molar-refractivity contribution in [3.05, 3.63) is 65.5 Å². The van der Waals surface area contributed by atoms with Crippen molar-refractivity contribution >= 4 is 17.7 Å². The van der Waals surface area contributed by atoms with Crippen molar-refractivity contribution in [3.63, 3.8) is 0 Å². The van der Waals surface area contributed by atoms with Crippen LogP contribution in [-0.4, -0.2) is 49.7 Å². The molecule has 2 aromatic carbocycles. The molecule has 1 fully saturated rings. The summed E-state index contributed by atoms with van der Waals surface area (Å²) >= 11 is 0. The third-order valence-corrected chi connectivity index (χ3v) is 4.75. The molecule has 28 heavy (non-hydrogen) atoms. The topological polar surface area (TPSA) is 63.1 Å². The van der Waals surface area contributed by atoms with Gasteiger partial charge in [0.05, 0.1) is 38.3 Å². The number of esters is 1. The first-order valence-electron chi connectivity index (χ1n) is 9.46. The molecule has 1 heterocycles. The number of hydrogen-bond donors (Lipinski definition) is 2. The minimum atomic E-state index is -0.377. The molecule has 0 radical (unpaired) electrons. The number of carbonyl (C=O) groups is 2. The molecule has 0 saturated carbocycles. The lowest BCUT2D eigenvalue weighted by Gasteiger charge is -2.32. The van der Waals surface area contributed by atoms with Gasteiger partial charge in [-0.1, -0.05) is 12.1 Å². The van der Waals surface area contributed by atoms with Gasteiger partial charge in [0.2, 0.25) is 0 Å². The van der Waals surface area contributed by atoms with Gasteiger partial charge in [-0.3, -0.25) is 0 Å². The van der Waals surface area contributed by atoms with Crippen LogP contribution in [-0.2, 0) is 11.3 Å². The predicted molar refractivity (Wildman–Crippen MR) is 104 cm³/mol. The van der Waals surface area contributed by atoms with Crippen LogP contribution in [0.2, 0.25) is 0 Å². The smallest absolute Gasteiger partial charge is 0.338 e. The Morgan fingerprint density at radius 2 is 1.86 bits per heavy atom. The number of carbonyl (C=O) groups excluding carboxylic acids is 2. The van der Waals surface area contributed by atoms with Crippen LogP contribution in [0.3, 0.4) is 0 Å². The lowest BCUT2D eigenvalue weighted by atomic mass is 10.2. The second kappa shape index (κ2) is 9.32. The fourth-order valence-corrected chi connectivity index (χ4v) is 3.25. The number of hydrogen-bond acceptors (Lipinski definition) is 3. The summed E-state index contributed by atoms with van der Waals surface area (Å²) in [6.45, 7) is 5.73. The van der Waals surface area contributed by atoms with Crippen molar-refractivity contribution in [1.29, 1.82) is 0 Å². The van der Waals surface area contributed by atoms with Crippen LogP contribution in [0, 0.1) is 5.82 Å². The highest BCUT2D eigenvalue weighted by Gasteiger charge is 2.24. The van der Waals surface area contributed by atoms with Crippen molar-refractivity contribution in [1.82, 2.24) is 4.90 Å². The van der Waals surface area contributed by atoms with Crippen LogP contribution in [0.4, 0.5) is 14.9 Å². The number of ether oxygens (including phenoxy) is 1. The maximum Gasteiger partial charge on any atom is 0.338 e. The van der Waals surface area contributed by atoms with Crippen molar-refractivity contribution in [3.8, 4) is 0 Å². The molecular formula is C21H25FN3O3+. The van der Waals surface area contributed by atoms with Gasteiger partial charge in [-0.05, 0) is 43.3 Å². The van der Waals surface area contributed by atoms with Gasteiger partial charge in [0.25, 0.3) is 0 Å². The largest absolute Gasteiger partial charge is 0.462 e. The highest BCUT2D eigenvalue weighted by molar-refractivity contribution is 5.92. The molecule has 0 spiro atoms. The lowest BCUT2D eigenvalue weighted by molar-refractivity contribution is -0.917. The van der Waals surface area contributed by atoms with E-state index in [9.17, 15) is 14.0 Å². The first kappa shape index (κ1) is 19.8. The first-order valence-corrected chi connectivity index (χ1v) is 9.46. The summed E-state index contributed by atoms with van der Waals surface area (Å²) in [4.78, 5) is 27.2. The average molecular weight is 386 g/mol. The minimum absolute atomic E-state index is 0.159. The highest BCUT2D eigenvalue weighted by atomic mass is 19.1. The molecule has 7 heteroatoms. The van der Waals surface area contributed by atoms with Crippen molar-refractivity contribution in [2.24, 2.45) is 0 Å². The summed E-state index contributed by atoms with van der Waals surface area (Å²) in [7, 11) is 0. The molecule has 1 saturated heterocycles. The van der Waals surface area contributed by atoms with Crippen LogP contribution in [0.5, 0.6) is 0 Å². The number of halogens is 1. The van der Waals surface area contributed by atoms with Gasteiger partial charge < -0.3 is 19.9 Å². The molecule has 1 aliphatic heterocycles. The highest BCUT2D eigenvalue weighted by Crippen LogP contribution is 2.11. The van der Waals surface area contributed by atoms with E-state index in [0.717, 1.165) is 25.2 Å². The number of piperazine rings is 1. The number of urea groups is 1. The maximum absolute atomic E-state index is 13.3. The Hall–Kier alpha value is -2.93. The lowest BCUT2D eigenvalue weighted by Crippen LogP contribution is -3.13. The quantitative estimate of drug-likeness (QED) is 0.772. The van der Waals surface area contributed by atoms with Gasteiger partial charge in [0, 0.05) is 11.3 Å². The average Bonchev–Trinajstić information content (AvgIpc) is 2.69. The van der Waals surface area contributed by atoms with Crippen molar-refractivity contribution < 1.29 is 23.6 Å². The second-order valence-electron chi connectivity index (χ2n) is 6.77. The second-order valence-corrected chi connectivity index (χ2v) is 6.77. The zero-order valence-corrected chi connectivity index (χ0v) is 15.9. The van der Waals surface area contributed by atoms with Crippen molar-refractivity contribution in [2.75, 3.05) is 38.1 Å². The summed E-state index contributed by atoms with van der Waals surface area (Å²) in [6.07, 6.45) is 0. The number of quaternary nitrogens is 1. The van der Waals surface area contributed by atoms with E-state index in [4.69, 9.17) is 4.74 Å². The predicted octanol–water partition coefficient (Wildman–Crippen LogP) is 1.93. The fraction of sp³-hybridized carbons (Fsp3) is 0.333. The molecule has 2 aromatic rings. The summed E-state index contributed by atoms with van der Waals surface area (Å²) < 4.78 is 18.3. The normalized spacial score (nSPS) is 14.6. The third kappa shape index (κ3) is 5.29. The number of benzene rings is 2. The van der Waals surface area contributed by atoms with E-state index in [0.29, 0.717) is 30.9 Å². The Bertz CT molecular complexity index is 818. The van der Waals surface area contributed by atoms with Crippen LogP contribution in [0.1, 0.15) is 22.8 Å². The van der Waals surface area contributed by atoms with Crippen LogP contribution >= 0.6 is 0 Å². The molecule has 0 atom stereocenters. The molecule has 3 rings (SSSR count). The molecule has 0 aliphatic carbocycles. The third-order valence-electron chi connectivity index (χ3n) is 4.75. The van der Waals surface area contributed by atoms with Crippen LogP contribution < -0.4 is 10.2 Å². The summed E-state index contributed by atoms with van der Waals surface area (Å²) in [6, 6.07) is 13.1. The van der Waals surface area contributed by atoms with E-state index in [1.807, 2.05) is 6.07 Å². The van der Waals surface area contributed by atoms with Gasteiger partial charge in [0.15, 0.2) is 0 Å². The van der Waals surface area contributed by atoms with E-state index in [-0.39, 0.29) is 17.8 Å². The minimum Gasteiger partial charge on any atom is -0.462 e. The standard InChI is InChI=1S/C21H24FN3O3/c1-2-28-20(26)17-6-8-19(9-7-17)23-21(27)25-12-10-24(11-13-25)15-16-4-3-5-18(22)14-16/h3-9,14H,2,10-13,15H2,1H3,(H,23,27)/p+1. The molecular weight excluding hydrogens is 361 g/mol. The molecule has 1 aliphatic rings. The van der Waals surface area contributed by atoms with Gasteiger partial charge in [-0.15, -0.1) is 0 Å².